The fourth-order valence-electron chi connectivity index (χ4n) is 1.86. The molecule has 0 aliphatic carbocycles. The number of carbonyl (C=O) groups is 1. The van der Waals surface area contributed by atoms with Gasteiger partial charge in [0, 0.05) is 10.4 Å². The Morgan fingerprint density at radius 1 is 1.32 bits per heavy atom. The summed E-state index contributed by atoms with van der Waals surface area (Å²) in [6.45, 7) is 4.41. The molecule has 0 unspecified atom stereocenters. The molecule has 3 nitrogen and oxygen atoms in total. The van der Waals surface area contributed by atoms with E-state index in [4.69, 9.17) is 9.84 Å². The van der Waals surface area contributed by atoms with Crippen molar-refractivity contribution in [2.45, 2.75) is 26.9 Å². The summed E-state index contributed by atoms with van der Waals surface area (Å²) < 4.78 is 5.80. The minimum atomic E-state index is -0.881. The zero-order valence-corrected chi connectivity index (χ0v) is 11.8. The van der Waals surface area contributed by atoms with Crippen molar-refractivity contribution in [1.29, 1.82) is 0 Å². The molecule has 0 saturated carbocycles. The lowest BCUT2D eigenvalue weighted by molar-refractivity contribution is 0.0702. The third kappa shape index (κ3) is 3.15. The summed E-state index contributed by atoms with van der Waals surface area (Å²) in [5, 5.41) is 8.96. The van der Waals surface area contributed by atoms with Crippen molar-refractivity contribution in [2.24, 2.45) is 0 Å². The highest BCUT2D eigenvalue weighted by Gasteiger charge is 2.11. The molecule has 0 atom stereocenters. The van der Waals surface area contributed by atoms with Gasteiger partial charge in [-0.2, -0.15) is 0 Å². The smallest absolute Gasteiger partial charge is 0.345 e. The van der Waals surface area contributed by atoms with E-state index >= 15 is 0 Å². The highest BCUT2D eigenvalue weighted by molar-refractivity contribution is 7.14. The van der Waals surface area contributed by atoms with Crippen LogP contribution in [0.2, 0.25) is 0 Å². The maximum absolute atomic E-state index is 10.9. The first-order chi connectivity index (χ1) is 9.11. The van der Waals surface area contributed by atoms with Gasteiger partial charge in [0.15, 0.2) is 0 Å². The predicted octanol–water partition coefficient (Wildman–Crippen LogP) is 3.90. The maximum atomic E-state index is 10.9. The Hall–Kier alpha value is -1.81. The van der Waals surface area contributed by atoms with Gasteiger partial charge in [0.05, 0.1) is 0 Å². The van der Waals surface area contributed by atoms with Gasteiger partial charge in [-0.15, -0.1) is 11.3 Å². The number of thiophene rings is 1. The van der Waals surface area contributed by atoms with Gasteiger partial charge in [0.25, 0.3) is 0 Å². The van der Waals surface area contributed by atoms with E-state index in [-0.39, 0.29) is 0 Å². The first kappa shape index (κ1) is 13.6. The number of carboxylic acids is 1. The van der Waals surface area contributed by atoms with E-state index in [0.29, 0.717) is 11.5 Å². The van der Waals surface area contributed by atoms with Crippen LogP contribution in [0, 0.1) is 6.92 Å². The average molecular weight is 276 g/mol. The van der Waals surface area contributed by atoms with Gasteiger partial charge in [-0.1, -0.05) is 25.1 Å². The molecule has 0 amide bonds. The molecule has 0 spiro atoms. The zero-order chi connectivity index (χ0) is 13.8. The Balaban J connectivity index is 2.12. The van der Waals surface area contributed by atoms with Gasteiger partial charge in [0.2, 0.25) is 0 Å². The van der Waals surface area contributed by atoms with Gasteiger partial charge >= 0.3 is 5.97 Å². The Bertz CT molecular complexity index is 587. The second-order valence-corrected chi connectivity index (χ2v) is 5.50. The highest BCUT2D eigenvalue weighted by atomic mass is 32.1. The van der Waals surface area contributed by atoms with E-state index < -0.39 is 5.97 Å². The second kappa shape index (κ2) is 5.89. The molecule has 1 N–H and O–H groups in total. The number of hydrogen-bond donors (Lipinski definition) is 1. The van der Waals surface area contributed by atoms with Crippen LogP contribution in [-0.4, -0.2) is 11.1 Å². The van der Waals surface area contributed by atoms with Crippen molar-refractivity contribution in [3.63, 3.8) is 0 Å². The lowest BCUT2D eigenvalue weighted by atomic mass is 10.1. The molecule has 0 fully saturated rings. The first-order valence-electron chi connectivity index (χ1n) is 6.15. The minimum absolute atomic E-state index is 0.361. The number of aromatic carboxylic acids is 1. The molecule has 100 valence electrons. The van der Waals surface area contributed by atoms with E-state index in [1.54, 1.807) is 6.07 Å². The van der Waals surface area contributed by atoms with E-state index in [0.717, 1.165) is 28.2 Å². The second-order valence-electron chi connectivity index (χ2n) is 4.25. The first-order valence-corrected chi connectivity index (χ1v) is 6.96. The van der Waals surface area contributed by atoms with Gasteiger partial charge in [-0.25, -0.2) is 4.79 Å². The number of para-hydroxylation sites is 1. The molecular formula is C15H16O3S. The molecule has 1 aromatic heterocycles. The van der Waals surface area contributed by atoms with E-state index in [2.05, 4.69) is 6.92 Å². The number of carboxylic acid groups (broad SMARTS) is 1. The number of rotatable bonds is 5. The van der Waals surface area contributed by atoms with Crippen molar-refractivity contribution in [3.05, 3.63) is 51.2 Å². The van der Waals surface area contributed by atoms with E-state index in [9.17, 15) is 4.79 Å². The third-order valence-corrected chi connectivity index (χ3v) is 4.05. The number of aryl methyl sites for hydroxylation is 2. The lowest BCUT2D eigenvalue weighted by Gasteiger charge is -2.09. The zero-order valence-electron chi connectivity index (χ0n) is 11.0. The van der Waals surface area contributed by atoms with Crippen molar-refractivity contribution < 1.29 is 14.6 Å². The molecule has 0 radical (unpaired) electrons. The topological polar surface area (TPSA) is 46.5 Å². The molecule has 19 heavy (non-hydrogen) atoms. The molecule has 1 heterocycles. The van der Waals surface area contributed by atoms with Crippen LogP contribution in [0.4, 0.5) is 0 Å². The highest BCUT2D eigenvalue weighted by Crippen LogP contribution is 2.25. The van der Waals surface area contributed by atoms with Crippen LogP contribution in [0.3, 0.4) is 0 Å². The van der Waals surface area contributed by atoms with Crippen molar-refractivity contribution in [3.8, 4) is 5.75 Å². The molecule has 2 rings (SSSR count). The number of benzene rings is 1. The quantitative estimate of drug-likeness (QED) is 0.901. The van der Waals surface area contributed by atoms with E-state index in [1.165, 1.54) is 11.3 Å². The van der Waals surface area contributed by atoms with Crippen LogP contribution >= 0.6 is 11.3 Å². The van der Waals surface area contributed by atoms with Crippen molar-refractivity contribution in [1.82, 2.24) is 0 Å². The Morgan fingerprint density at radius 2 is 2.05 bits per heavy atom. The van der Waals surface area contributed by atoms with Gasteiger partial charge in [-0.3, -0.25) is 0 Å². The summed E-state index contributed by atoms with van der Waals surface area (Å²) in [6, 6.07) is 9.61. The maximum Gasteiger partial charge on any atom is 0.345 e. The van der Waals surface area contributed by atoms with E-state index in [1.807, 2.05) is 31.2 Å². The standard InChI is InChI=1S/C15H16O3S/c1-3-11-6-4-5-7-13(11)18-9-12-8-14(15(16)17)19-10(12)2/h4-8H,3,9H2,1-2H3,(H,16,17). The Labute approximate surface area is 116 Å². The summed E-state index contributed by atoms with van der Waals surface area (Å²) in [7, 11) is 0. The van der Waals surface area contributed by atoms with Crippen molar-refractivity contribution in [2.75, 3.05) is 0 Å². The van der Waals surface area contributed by atoms with Gasteiger partial charge < -0.3 is 9.84 Å². The van der Waals surface area contributed by atoms with Crippen molar-refractivity contribution >= 4 is 17.3 Å². The summed E-state index contributed by atoms with van der Waals surface area (Å²) in [5.74, 6) is -0.0132. The lowest BCUT2D eigenvalue weighted by Crippen LogP contribution is -1.98. The molecular weight excluding hydrogens is 260 g/mol. The normalized spacial score (nSPS) is 10.4. The fraction of sp³-hybridized carbons (Fsp3) is 0.267. The molecule has 1 aromatic carbocycles. The van der Waals surface area contributed by atoms with Crippen LogP contribution in [0.25, 0.3) is 0 Å². The monoisotopic (exact) mass is 276 g/mol. The van der Waals surface area contributed by atoms with Gasteiger partial charge in [-0.05, 0) is 31.0 Å². The third-order valence-electron chi connectivity index (χ3n) is 2.97. The average Bonchev–Trinajstić information content (AvgIpc) is 2.78. The number of hydrogen-bond acceptors (Lipinski definition) is 3. The summed E-state index contributed by atoms with van der Waals surface area (Å²) in [4.78, 5) is 12.3. The largest absolute Gasteiger partial charge is 0.489 e. The Morgan fingerprint density at radius 3 is 2.68 bits per heavy atom. The molecule has 0 aliphatic rings. The fourth-order valence-corrected chi connectivity index (χ4v) is 2.73. The minimum Gasteiger partial charge on any atom is -0.489 e. The Kier molecular flexibility index (Phi) is 4.22. The number of ether oxygens (including phenoxy) is 1. The summed E-state index contributed by atoms with van der Waals surface area (Å²) in [5.41, 5.74) is 2.10. The summed E-state index contributed by atoms with van der Waals surface area (Å²) in [6.07, 6.45) is 0.916. The predicted molar refractivity (Wildman–Crippen MR) is 76.2 cm³/mol. The SMILES string of the molecule is CCc1ccccc1OCc1cc(C(=O)O)sc1C. The summed E-state index contributed by atoms with van der Waals surface area (Å²) >= 11 is 1.29. The van der Waals surface area contributed by atoms with Crippen LogP contribution in [-0.2, 0) is 13.0 Å². The van der Waals surface area contributed by atoms with Crippen LogP contribution in [0.1, 0.15) is 32.6 Å². The van der Waals surface area contributed by atoms with Gasteiger partial charge in [0.1, 0.15) is 17.2 Å². The van der Waals surface area contributed by atoms with Crippen LogP contribution < -0.4 is 4.74 Å². The molecule has 0 aliphatic heterocycles. The molecule has 2 aromatic rings. The molecule has 0 bridgehead atoms. The molecule has 4 heteroatoms. The van der Waals surface area contributed by atoms with Crippen LogP contribution in [0.15, 0.2) is 30.3 Å². The van der Waals surface area contributed by atoms with Crippen LogP contribution in [0.5, 0.6) is 5.75 Å². The molecule has 0 saturated heterocycles.